The van der Waals surface area contributed by atoms with Gasteiger partial charge in [0.2, 0.25) is 10.0 Å². The van der Waals surface area contributed by atoms with Crippen LogP contribution in [0.4, 0.5) is 0 Å². The second kappa shape index (κ2) is 4.92. The molecule has 2 bridgehead atoms. The molecule has 3 fully saturated rings. The third-order valence-corrected chi connectivity index (χ3v) is 7.60. The first kappa shape index (κ1) is 15.4. The molecule has 23 heavy (non-hydrogen) atoms. The molecule has 1 aromatic rings. The van der Waals surface area contributed by atoms with E-state index in [4.69, 9.17) is 16.3 Å². The molecule has 1 amide bonds. The highest BCUT2D eigenvalue weighted by Crippen LogP contribution is 2.46. The Morgan fingerprint density at radius 1 is 1.30 bits per heavy atom. The Morgan fingerprint density at radius 2 is 2.00 bits per heavy atom. The Labute approximate surface area is 140 Å². The number of rotatable bonds is 1. The van der Waals surface area contributed by atoms with E-state index in [9.17, 15) is 13.2 Å². The number of likely N-dealkylation sites (N-methyl/N-ethyl adjacent to an activating group) is 1. The highest BCUT2D eigenvalue weighted by molar-refractivity contribution is 7.90. The molecule has 0 aromatic heterocycles. The first-order valence-electron chi connectivity index (χ1n) is 7.50. The van der Waals surface area contributed by atoms with Gasteiger partial charge in [-0.05, 0) is 30.7 Å². The van der Waals surface area contributed by atoms with Crippen LogP contribution >= 0.6 is 11.6 Å². The van der Waals surface area contributed by atoms with Crippen molar-refractivity contribution >= 4 is 27.5 Å². The first-order valence-corrected chi connectivity index (χ1v) is 9.38. The van der Waals surface area contributed by atoms with Gasteiger partial charge >= 0.3 is 0 Å². The fourth-order valence-corrected chi connectivity index (χ4v) is 6.15. The number of nitrogens with zero attached hydrogens (tertiary/aromatic N) is 2. The Hall–Kier alpha value is -1.15. The van der Waals surface area contributed by atoms with Crippen LogP contribution in [-0.4, -0.2) is 67.2 Å². The zero-order chi connectivity index (χ0) is 16.4. The molecular weight excluding hydrogens is 340 g/mol. The van der Waals surface area contributed by atoms with Gasteiger partial charge in [-0.1, -0.05) is 11.6 Å². The highest BCUT2D eigenvalue weighted by atomic mass is 35.5. The summed E-state index contributed by atoms with van der Waals surface area (Å²) in [4.78, 5) is 14.4. The number of sulfonamides is 1. The van der Waals surface area contributed by atoms with Gasteiger partial charge < -0.3 is 9.64 Å². The minimum absolute atomic E-state index is 0.109. The summed E-state index contributed by atoms with van der Waals surface area (Å²) in [6, 6.07) is 6.74. The second-order valence-corrected chi connectivity index (χ2v) is 9.18. The SMILES string of the molecule is CN1C[C@@]23CN(C(=O)c4ccc(Cl)cc4)C[C@@H](C[C@@H]2S1(=O)=O)O3. The summed E-state index contributed by atoms with van der Waals surface area (Å²) in [5.41, 5.74) is -0.239. The Kier molecular flexibility index (Phi) is 3.29. The van der Waals surface area contributed by atoms with Crippen LogP contribution in [0.5, 0.6) is 0 Å². The standard InChI is InChI=1S/C15H17ClN2O4S/c1-17-8-15-9-18(14(19)10-2-4-11(16)5-3-10)7-12(22-15)6-13(15)23(17,20)21/h2-5,12-13H,6-9H2,1H3/t12-,13+,15-/m1/s1. The van der Waals surface area contributed by atoms with Crippen molar-refractivity contribution in [2.24, 2.45) is 0 Å². The summed E-state index contributed by atoms with van der Waals surface area (Å²) in [6.45, 7) is 1.04. The van der Waals surface area contributed by atoms with Crippen LogP contribution in [0.2, 0.25) is 5.02 Å². The van der Waals surface area contributed by atoms with Gasteiger partial charge in [0.1, 0.15) is 10.9 Å². The predicted molar refractivity (Wildman–Crippen MR) is 84.9 cm³/mol. The topological polar surface area (TPSA) is 66.9 Å². The molecule has 0 saturated carbocycles. The summed E-state index contributed by atoms with van der Waals surface area (Å²) >= 11 is 5.86. The number of amides is 1. The normalized spacial score (nSPS) is 35.3. The van der Waals surface area contributed by atoms with Gasteiger partial charge in [-0.3, -0.25) is 4.79 Å². The van der Waals surface area contributed by atoms with Crippen LogP contribution in [0.1, 0.15) is 16.8 Å². The summed E-state index contributed by atoms with van der Waals surface area (Å²) in [5, 5.41) is 0.0267. The first-order chi connectivity index (χ1) is 10.8. The minimum Gasteiger partial charge on any atom is -0.365 e. The maximum absolute atomic E-state index is 12.7. The summed E-state index contributed by atoms with van der Waals surface area (Å²) < 4.78 is 32.2. The third kappa shape index (κ3) is 2.21. The van der Waals surface area contributed by atoms with E-state index in [1.54, 1.807) is 36.2 Å². The molecule has 1 aromatic carbocycles. The molecule has 3 saturated heterocycles. The van der Waals surface area contributed by atoms with Crippen LogP contribution in [0, 0.1) is 0 Å². The van der Waals surface area contributed by atoms with Gasteiger partial charge in [-0.2, -0.15) is 0 Å². The average molecular weight is 357 g/mol. The van der Waals surface area contributed by atoms with Gasteiger partial charge in [0.15, 0.2) is 0 Å². The molecule has 3 heterocycles. The zero-order valence-corrected chi connectivity index (χ0v) is 14.2. The molecule has 6 nitrogen and oxygen atoms in total. The van der Waals surface area contributed by atoms with Crippen molar-refractivity contribution in [1.29, 1.82) is 0 Å². The number of halogens is 1. The van der Waals surface area contributed by atoms with E-state index in [0.717, 1.165) is 0 Å². The van der Waals surface area contributed by atoms with Crippen molar-refractivity contribution in [3.63, 3.8) is 0 Å². The number of hydrogen-bond acceptors (Lipinski definition) is 4. The van der Waals surface area contributed by atoms with E-state index >= 15 is 0 Å². The summed E-state index contributed by atoms with van der Waals surface area (Å²) in [7, 11) is -1.76. The lowest BCUT2D eigenvalue weighted by Crippen LogP contribution is -2.56. The molecule has 124 valence electrons. The maximum Gasteiger partial charge on any atom is 0.254 e. The number of benzene rings is 1. The number of likely N-dealkylation sites (tertiary alicyclic amines) is 1. The number of hydrogen-bond donors (Lipinski definition) is 0. The van der Waals surface area contributed by atoms with E-state index in [2.05, 4.69) is 0 Å². The molecule has 1 spiro atoms. The molecule has 4 rings (SSSR count). The average Bonchev–Trinajstić information content (AvgIpc) is 2.86. The quantitative estimate of drug-likeness (QED) is 0.752. The van der Waals surface area contributed by atoms with E-state index in [1.165, 1.54) is 4.31 Å². The molecule has 0 aliphatic carbocycles. The van der Waals surface area contributed by atoms with Gasteiger partial charge in [0.05, 0.1) is 12.6 Å². The zero-order valence-electron chi connectivity index (χ0n) is 12.6. The van der Waals surface area contributed by atoms with Gasteiger partial charge in [0.25, 0.3) is 5.91 Å². The lowest BCUT2D eigenvalue weighted by atomic mass is 9.99. The van der Waals surface area contributed by atoms with Crippen LogP contribution in [0.25, 0.3) is 0 Å². The van der Waals surface area contributed by atoms with Crippen molar-refractivity contribution in [3.05, 3.63) is 34.9 Å². The van der Waals surface area contributed by atoms with Crippen LogP contribution < -0.4 is 0 Å². The lowest BCUT2D eigenvalue weighted by Gasteiger charge is -2.39. The number of carbonyl (C=O) groups is 1. The third-order valence-electron chi connectivity index (χ3n) is 5.01. The van der Waals surface area contributed by atoms with Crippen molar-refractivity contribution in [1.82, 2.24) is 9.21 Å². The number of fused-ring (bicyclic) bond motifs is 1. The van der Waals surface area contributed by atoms with Crippen LogP contribution in [0.3, 0.4) is 0 Å². The Balaban J connectivity index is 1.63. The summed E-state index contributed by atoms with van der Waals surface area (Å²) in [5.74, 6) is -0.109. The van der Waals surface area contributed by atoms with Crippen LogP contribution in [-0.2, 0) is 14.8 Å². The molecule has 8 heteroatoms. The smallest absolute Gasteiger partial charge is 0.254 e. The number of ether oxygens (including phenoxy) is 1. The fourth-order valence-electron chi connectivity index (χ4n) is 3.99. The van der Waals surface area contributed by atoms with E-state index in [-0.39, 0.29) is 12.0 Å². The van der Waals surface area contributed by atoms with E-state index < -0.39 is 20.9 Å². The maximum atomic E-state index is 12.7. The lowest BCUT2D eigenvalue weighted by molar-refractivity contribution is -0.0966. The van der Waals surface area contributed by atoms with Gasteiger partial charge in [0, 0.05) is 30.7 Å². The van der Waals surface area contributed by atoms with Gasteiger partial charge in [-0.15, -0.1) is 0 Å². The second-order valence-electron chi connectivity index (χ2n) is 6.52. The van der Waals surface area contributed by atoms with Gasteiger partial charge in [-0.25, -0.2) is 12.7 Å². The minimum atomic E-state index is -3.33. The largest absolute Gasteiger partial charge is 0.365 e. The molecule has 0 unspecified atom stereocenters. The van der Waals surface area contributed by atoms with Crippen molar-refractivity contribution in [2.45, 2.75) is 23.4 Å². The molecule has 0 N–H and O–H groups in total. The molecule has 0 radical (unpaired) electrons. The van der Waals surface area contributed by atoms with Crippen LogP contribution in [0.15, 0.2) is 24.3 Å². The number of morpholine rings is 1. The predicted octanol–water partition coefficient (Wildman–Crippen LogP) is 0.967. The van der Waals surface area contributed by atoms with Crippen molar-refractivity contribution in [3.8, 4) is 0 Å². The monoisotopic (exact) mass is 356 g/mol. The molecule has 3 aliphatic heterocycles. The molecule has 3 atom stereocenters. The van der Waals surface area contributed by atoms with E-state index in [0.29, 0.717) is 36.6 Å². The van der Waals surface area contributed by atoms with Crippen molar-refractivity contribution < 1.29 is 17.9 Å². The highest BCUT2D eigenvalue weighted by Gasteiger charge is 2.64. The van der Waals surface area contributed by atoms with E-state index in [1.807, 2.05) is 0 Å². The summed E-state index contributed by atoms with van der Waals surface area (Å²) in [6.07, 6.45) is 0.241. The Bertz CT molecular complexity index is 766. The van der Waals surface area contributed by atoms with Crippen molar-refractivity contribution in [2.75, 3.05) is 26.7 Å². The molecule has 3 aliphatic rings. The Morgan fingerprint density at radius 3 is 2.70 bits per heavy atom. The molecular formula is C15H17ClN2O4S. The fraction of sp³-hybridized carbons (Fsp3) is 0.533. The number of carbonyl (C=O) groups excluding carboxylic acids is 1.